The monoisotopic (exact) mass is 387 g/mol. The van der Waals surface area contributed by atoms with Gasteiger partial charge in [-0.15, -0.1) is 0 Å². The molecule has 0 N–H and O–H groups in total. The molecule has 1 aromatic rings. The number of benzene rings is 1. The van der Waals surface area contributed by atoms with Crippen LogP contribution in [0.1, 0.15) is 43.2 Å². The van der Waals surface area contributed by atoms with Gasteiger partial charge in [-0.3, -0.25) is 9.69 Å². The van der Waals surface area contributed by atoms with Gasteiger partial charge in [-0.05, 0) is 62.3 Å². The zero-order chi connectivity index (χ0) is 19.4. The summed E-state index contributed by atoms with van der Waals surface area (Å²) >= 11 is 0. The van der Waals surface area contributed by atoms with Gasteiger partial charge in [0, 0.05) is 26.2 Å². The van der Waals surface area contributed by atoms with Crippen molar-refractivity contribution in [3.63, 3.8) is 0 Å². The molecule has 0 unspecified atom stereocenters. The molecule has 0 spiro atoms. The van der Waals surface area contributed by atoms with E-state index in [9.17, 15) is 22.4 Å². The minimum Gasteiger partial charge on any atom is -0.381 e. The van der Waals surface area contributed by atoms with E-state index in [2.05, 4.69) is 4.90 Å². The molecular weight excluding hydrogens is 362 g/mol. The molecule has 0 bridgehead atoms. The van der Waals surface area contributed by atoms with Gasteiger partial charge in [-0.2, -0.15) is 13.2 Å². The van der Waals surface area contributed by atoms with Crippen LogP contribution in [0.5, 0.6) is 0 Å². The minimum atomic E-state index is -4.73. The molecule has 0 aromatic heterocycles. The zero-order valence-electron chi connectivity index (χ0n) is 15.2. The lowest BCUT2D eigenvalue weighted by Gasteiger charge is -2.30. The highest BCUT2D eigenvalue weighted by Gasteiger charge is 2.35. The molecule has 3 nitrogen and oxygen atoms in total. The van der Waals surface area contributed by atoms with E-state index >= 15 is 0 Å². The largest absolute Gasteiger partial charge is 0.419 e. The number of aryl methyl sites for hydroxylation is 1. The summed E-state index contributed by atoms with van der Waals surface area (Å²) in [6.45, 7) is 3.31. The van der Waals surface area contributed by atoms with Crippen molar-refractivity contribution >= 4 is 5.78 Å². The highest BCUT2D eigenvalue weighted by atomic mass is 19.4. The molecule has 2 aliphatic rings. The van der Waals surface area contributed by atoms with Crippen LogP contribution in [0.2, 0.25) is 0 Å². The summed E-state index contributed by atoms with van der Waals surface area (Å²) in [5.41, 5.74) is -0.930. The number of Topliss-reactive ketones (excluding diaryl/α,β-unsaturated/α-hetero) is 1. The van der Waals surface area contributed by atoms with Crippen LogP contribution in [-0.2, 0) is 22.1 Å². The van der Waals surface area contributed by atoms with Crippen molar-refractivity contribution in [1.29, 1.82) is 0 Å². The fraction of sp³-hybridized carbons (Fsp3) is 0.650. The third-order valence-corrected chi connectivity index (χ3v) is 5.57. The molecule has 150 valence electrons. The lowest BCUT2D eigenvalue weighted by molar-refractivity contribution is -0.140. The van der Waals surface area contributed by atoms with Gasteiger partial charge in [-0.1, -0.05) is 6.07 Å². The Bertz CT molecular complexity index is 656. The van der Waals surface area contributed by atoms with Crippen molar-refractivity contribution in [1.82, 2.24) is 4.90 Å². The predicted molar refractivity (Wildman–Crippen MR) is 92.9 cm³/mol. The quantitative estimate of drug-likeness (QED) is 0.684. The Kier molecular flexibility index (Phi) is 6.52. The Morgan fingerprint density at radius 1 is 1.19 bits per heavy atom. The lowest BCUT2D eigenvalue weighted by atomic mass is 9.97. The van der Waals surface area contributed by atoms with E-state index in [1.54, 1.807) is 0 Å². The van der Waals surface area contributed by atoms with Crippen molar-refractivity contribution in [3.8, 4) is 0 Å². The first-order valence-corrected chi connectivity index (χ1v) is 9.54. The molecule has 2 saturated heterocycles. The third-order valence-electron chi connectivity index (χ3n) is 5.57. The van der Waals surface area contributed by atoms with E-state index in [4.69, 9.17) is 4.74 Å². The Balaban J connectivity index is 1.57. The molecule has 2 aliphatic heterocycles. The highest BCUT2D eigenvalue weighted by molar-refractivity contribution is 5.84. The summed E-state index contributed by atoms with van der Waals surface area (Å²) in [6, 6.07) is 2.83. The Morgan fingerprint density at radius 3 is 2.63 bits per heavy atom. The van der Waals surface area contributed by atoms with Gasteiger partial charge in [0.2, 0.25) is 0 Å². The Morgan fingerprint density at radius 2 is 1.93 bits per heavy atom. The lowest BCUT2D eigenvalue weighted by Crippen LogP contribution is -2.40. The van der Waals surface area contributed by atoms with Crippen LogP contribution in [0.25, 0.3) is 0 Å². The molecule has 3 rings (SSSR count). The van der Waals surface area contributed by atoms with Crippen LogP contribution >= 0.6 is 0 Å². The molecule has 0 saturated carbocycles. The normalized spacial score (nSPS) is 22.3. The molecule has 0 aliphatic carbocycles. The summed E-state index contributed by atoms with van der Waals surface area (Å²) in [4.78, 5) is 14.9. The fourth-order valence-electron chi connectivity index (χ4n) is 4.05. The van der Waals surface area contributed by atoms with Crippen molar-refractivity contribution in [3.05, 3.63) is 35.1 Å². The van der Waals surface area contributed by atoms with Gasteiger partial charge in [0.1, 0.15) is 11.6 Å². The SMILES string of the molecule is O=C(CCc1ccc(F)c(C(F)(F)F)c1)[C@@H]1CCCN1CC1CCOCC1. The van der Waals surface area contributed by atoms with Crippen molar-refractivity contribution in [2.24, 2.45) is 5.92 Å². The van der Waals surface area contributed by atoms with E-state index in [1.165, 1.54) is 6.07 Å². The maximum atomic E-state index is 13.4. The van der Waals surface area contributed by atoms with E-state index < -0.39 is 17.6 Å². The maximum absolute atomic E-state index is 13.4. The minimum absolute atomic E-state index is 0.0671. The smallest absolute Gasteiger partial charge is 0.381 e. The van der Waals surface area contributed by atoms with Gasteiger partial charge in [0.25, 0.3) is 0 Å². The van der Waals surface area contributed by atoms with Gasteiger partial charge < -0.3 is 4.74 Å². The molecule has 0 amide bonds. The summed E-state index contributed by atoms with van der Waals surface area (Å²) in [6.07, 6.45) is -0.564. The number of ketones is 1. The topological polar surface area (TPSA) is 29.5 Å². The number of alkyl halides is 3. The first-order chi connectivity index (χ1) is 12.8. The molecule has 7 heteroatoms. The number of rotatable bonds is 6. The molecule has 0 radical (unpaired) electrons. The number of hydrogen-bond acceptors (Lipinski definition) is 3. The molecule has 1 aromatic carbocycles. The van der Waals surface area contributed by atoms with Crippen LogP contribution < -0.4 is 0 Å². The van der Waals surface area contributed by atoms with E-state index in [-0.39, 0.29) is 24.7 Å². The van der Waals surface area contributed by atoms with Crippen LogP contribution in [-0.4, -0.2) is 43.0 Å². The summed E-state index contributed by atoms with van der Waals surface area (Å²) in [5, 5.41) is 0. The highest BCUT2D eigenvalue weighted by Crippen LogP contribution is 2.32. The molecular formula is C20H25F4NO2. The van der Waals surface area contributed by atoms with Crippen LogP contribution in [0.3, 0.4) is 0 Å². The third kappa shape index (κ3) is 5.29. The molecule has 27 heavy (non-hydrogen) atoms. The fourth-order valence-corrected chi connectivity index (χ4v) is 4.05. The van der Waals surface area contributed by atoms with Gasteiger partial charge in [-0.25, -0.2) is 4.39 Å². The number of ether oxygens (including phenoxy) is 1. The van der Waals surface area contributed by atoms with Crippen LogP contribution in [0, 0.1) is 11.7 Å². The average Bonchev–Trinajstić information content (AvgIpc) is 3.09. The number of halogens is 4. The van der Waals surface area contributed by atoms with Crippen LogP contribution in [0.15, 0.2) is 18.2 Å². The summed E-state index contributed by atoms with van der Waals surface area (Å²) < 4.78 is 57.2. The maximum Gasteiger partial charge on any atom is 0.419 e. The number of nitrogens with zero attached hydrogens (tertiary/aromatic N) is 1. The van der Waals surface area contributed by atoms with Gasteiger partial charge in [0.15, 0.2) is 0 Å². The molecule has 1 atom stereocenters. The number of carbonyl (C=O) groups is 1. The summed E-state index contributed by atoms with van der Waals surface area (Å²) in [5.74, 6) is -0.674. The van der Waals surface area contributed by atoms with Gasteiger partial charge >= 0.3 is 6.18 Å². The first kappa shape index (κ1) is 20.3. The van der Waals surface area contributed by atoms with Crippen molar-refractivity contribution < 1.29 is 27.1 Å². The second-order valence-corrected chi connectivity index (χ2v) is 7.49. The standard InChI is InChI=1S/C20H25F4NO2/c21-17-5-3-14(12-16(17)20(22,23)24)4-6-19(26)18-2-1-9-25(18)13-15-7-10-27-11-8-15/h3,5,12,15,18H,1-2,4,6-11,13H2/t18-/m0/s1. The second kappa shape index (κ2) is 8.69. The number of hydrogen-bond donors (Lipinski definition) is 0. The Hall–Kier alpha value is -1.47. The average molecular weight is 387 g/mol. The van der Waals surface area contributed by atoms with Gasteiger partial charge in [0.05, 0.1) is 11.6 Å². The Labute approximate surface area is 156 Å². The number of likely N-dealkylation sites (tertiary alicyclic amines) is 1. The zero-order valence-corrected chi connectivity index (χ0v) is 15.2. The first-order valence-electron chi connectivity index (χ1n) is 9.54. The van der Waals surface area contributed by atoms with E-state index in [0.717, 1.165) is 64.1 Å². The second-order valence-electron chi connectivity index (χ2n) is 7.49. The van der Waals surface area contributed by atoms with Crippen molar-refractivity contribution in [2.75, 3.05) is 26.3 Å². The predicted octanol–water partition coefficient (Wildman–Crippen LogP) is 4.24. The summed E-state index contributed by atoms with van der Waals surface area (Å²) in [7, 11) is 0. The van der Waals surface area contributed by atoms with Crippen molar-refractivity contribution in [2.45, 2.75) is 50.7 Å². The van der Waals surface area contributed by atoms with Crippen LogP contribution in [0.4, 0.5) is 17.6 Å². The van der Waals surface area contributed by atoms with E-state index in [0.29, 0.717) is 11.5 Å². The molecule has 2 heterocycles. The van der Waals surface area contributed by atoms with E-state index in [1.807, 2.05) is 0 Å². The number of carbonyl (C=O) groups excluding carboxylic acids is 1. The molecule has 2 fully saturated rings.